The number of carbonyl (C=O) groups excluding carboxylic acids is 2. The van der Waals surface area contributed by atoms with Crippen LogP contribution in [-0.2, 0) is 11.3 Å². The maximum atomic E-state index is 13.9. The molecular weight excluding hydrogens is 332 g/mol. The Labute approximate surface area is 143 Å². The lowest BCUT2D eigenvalue weighted by Gasteiger charge is -2.21. The molecule has 25 heavy (non-hydrogen) atoms. The molecule has 1 N–H and O–H groups in total. The van der Waals surface area contributed by atoms with E-state index in [4.69, 9.17) is 4.42 Å². The number of para-hydroxylation sites is 1. The van der Waals surface area contributed by atoms with Crippen molar-refractivity contribution >= 4 is 17.6 Å². The van der Waals surface area contributed by atoms with E-state index in [-0.39, 0.29) is 25.2 Å². The van der Waals surface area contributed by atoms with Crippen molar-refractivity contribution in [2.24, 2.45) is 0 Å². The number of nitrogens with zero attached hydrogens (tertiary/aromatic N) is 2. The van der Waals surface area contributed by atoms with Gasteiger partial charge < -0.3 is 19.5 Å². The van der Waals surface area contributed by atoms with E-state index < -0.39 is 29.6 Å². The van der Waals surface area contributed by atoms with E-state index in [1.807, 2.05) is 0 Å². The maximum absolute atomic E-state index is 13.9. The Morgan fingerprint density at radius 3 is 2.68 bits per heavy atom. The van der Waals surface area contributed by atoms with Crippen molar-refractivity contribution in [3.8, 4) is 0 Å². The van der Waals surface area contributed by atoms with Gasteiger partial charge in [-0.25, -0.2) is 13.6 Å². The van der Waals surface area contributed by atoms with Gasteiger partial charge in [0.25, 0.3) is 0 Å². The number of amides is 3. The topological polar surface area (TPSA) is 65.8 Å². The summed E-state index contributed by atoms with van der Waals surface area (Å²) in [6.07, 6.45) is 1.77. The summed E-state index contributed by atoms with van der Waals surface area (Å²) in [4.78, 5) is 27.0. The first-order valence-electron chi connectivity index (χ1n) is 7.77. The highest BCUT2D eigenvalue weighted by Gasteiger charge is 2.36. The Balaban J connectivity index is 1.65. The quantitative estimate of drug-likeness (QED) is 0.922. The molecule has 0 radical (unpaired) electrons. The van der Waals surface area contributed by atoms with Gasteiger partial charge in [0.15, 0.2) is 0 Å². The van der Waals surface area contributed by atoms with Crippen LogP contribution in [0.5, 0.6) is 0 Å². The minimum absolute atomic E-state index is 0.129. The van der Waals surface area contributed by atoms with Crippen molar-refractivity contribution < 1.29 is 22.8 Å². The lowest BCUT2D eigenvalue weighted by atomic mass is 10.2. The standard InChI is InChI=1S/C17H17F2N3O3/c1-21(10-11-4-3-9-25-11)17(24)20-14-7-8-22(16(14)23)15-12(18)5-2-6-13(15)19/h2-6,9,14H,7-8,10H2,1H3,(H,20,24)/t14-/m1/s1. The second kappa shape index (κ2) is 6.92. The second-order valence-corrected chi connectivity index (χ2v) is 5.79. The highest BCUT2D eigenvalue weighted by Crippen LogP contribution is 2.27. The predicted octanol–water partition coefficient (Wildman–Crippen LogP) is 2.50. The number of hydrogen-bond donors (Lipinski definition) is 1. The summed E-state index contributed by atoms with van der Waals surface area (Å²) in [6.45, 7) is 0.370. The van der Waals surface area contributed by atoms with Gasteiger partial charge in [-0.15, -0.1) is 0 Å². The molecule has 0 saturated carbocycles. The third-order valence-corrected chi connectivity index (χ3v) is 4.03. The number of hydrogen-bond acceptors (Lipinski definition) is 3. The molecule has 0 aliphatic carbocycles. The highest BCUT2D eigenvalue weighted by atomic mass is 19.1. The number of furan rings is 1. The Bertz CT molecular complexity index is 759. The average Bonchev–Trinajstić information content (AvgIpc) is 3.19. The number of benzene rings is 1. The van der Waals surface area contributed by atoms with E-state index in [1.54, 1.807) is 19.2 Å². The normalized spacial score (nSPS) is 17.0. The molecule has 1 aromatic carbocycles. The third-order valence-electron chi connectivity index (χ3n) is 4.03. The van der Waals surface area contributed by atoms with Crippen molar-refractivity contribution in [2.75, 3.05) is 18.5 Å². The molecule has 1 aliphatic heterocycles. The van der Waals surface area contributed by atoms with Gasteiger partial charge in [0.2, 0.25) is 5.91 Å². The van der Waals surface area contributed by atoms with Gasteiger partial charge in [-0.1, -0.05) is 6.07 Å². The minimum atomic E-state index is -0.828. The molecule has 0 spiro atoms. The smallest absolute Gasteiger partial charge is 0.318 e. The molecule has 2 aromatic rings. The molecule has 3 rings (SSSR count). The van der Waals surface area contributed by atoms with Gasteiger partial charge in [0.1, 0.15) is 29.1 Å². The first-order valence-corrected chi connectivity index (χ1v) is 7.77. The molecule has 1 fully saturated rings. The van der Waals surface area contributed by atoms with Crippen LogP contribution in [-0.4, -0.2) is 36.5 Å². The van der Waals surface area contributed by atoms with Crippen LogP contribution in [0.4, 0.5) is 19.3 Å². The zero-order chi connectivity index (χ0) is 18.0. The summed E-state index contributed by atoms with van der Waals surface area (Å²) in [6, 6.07) is 5.56. The van der Waals surface area contributed by atoms with Gasteiger partial charge >= 0.3 is 6.03 Å². The van der Waals surface area contributed by atoms with Crippen LogP contribution >= 0.6 is 0 Å². The first kappa shape index (κ1) is 16.9. The number of anilines is 1. The molecular formula is C17H17F2N3O3. The van der Waals surface area contributed by atoms with Crippen LogP contribution in [0.1, 0.15) is 12.2 Å². The van der Waals surface area contributed by atoms with Crippen LogP contribution in [0.15, 0.2) is 41.0 Å². The molecule has 1 atom stereocenters. The fraction of sp³-hybridized carbons (Fsp3) is 0.294. The number of urea groups is 1. The van der Waals surface area contributed by atoms with Gasteiger partial charge in [-0.2, -0.15) is 0 Å². The summed E-state index contributed by atoms with van der Waals surface area (Å²) in [5.41, 5.74) is -0.381. The molecule has 0 bridgehead atoms. The summed E-state index contributed by atoms with van der Waals surface area (Å²) < 4.78 is 32.9. The largest absolute Gasteiger partial charge is 0.467 e. The monoisotopic (exact) mass is 349 g/mol. The van der Waals surface area contributed by atoms with E-state index in [0.29, 0.717) is 5.76 Å². The molecule has 0 unspecified atom stereocenters. The van der Waals surface area contributed by atoms with Crippen LogP contribution in [0.25, 0.3) is 0 Å². The Hall–Kier alpha value is -2.90. The SMILES string of the molecule is CN(Cc1ccco1)C(=O)N[C@@H]1CCN(c2c(F)cccc2F)C1=O. The summed E-state index contributed by atoms with van der Waals surface area (Å²) in [5, 5.41) is 2.59. The number of nitrogens with one attached hydrogen (secondary N) is 1. The Morgan fingerprint density at radius 2 is 2.04 bits per heavy atom. The predicted molar refractivity (Wildman–Crippen MR) is 85.8 cm³/mol. The lowest BCUT2D eigenvalue weighted by Crippen LogP contribution is -2.46. The van der Waals surface area contributed by atoms with Crippen molar-refractivity contribution in [1.82, 2.24) is 10.2 Å². The van der Waals surface area contributed by atoms with Gasteiger partial charge in [0, 0.05) is 13.6 Å². The molecule has 3 amide bonds. The van der Waals surface area contributed by atoms with Gasteiger partial charge in [-0.3, -0.25) is 4.79 Å². The van der Waals surface area contributed by atoms with E-state index in [1.165, 1.54) is 17.2 Å². The Morgan fingerprint density at radius 1 is 1.32 bits per heavy atom. The van der Waals surface area contributed by atoms with Crippen LogP contribution in [0.3, 0.4) is 0 Å². The number of halogens is 2. The summed E-state index contributed by atoms with van der Waals surface area (Å²) >= 11 is 0. The second-order valence-electron chi connectivity index (χ2n) is 5.79. The zero-order valence-corrected chi connectivity index (χ0v) is 13.5. The van der Waals surface area contributed by atoms with E-state index in [0.717, 1.165) is 17.0 Å². The van der Waals surface area contributed by atoms with E-state index in [9.17, 15) is 18.4 Å². The average molecular weight is 349 g/mol. The minimum Gasteiger partial charge on any atom is -0.467 e. The fourth-order valence-corrected chi connectivity index (χ4v) is 2.75. The van der Waals surface area contributed by atoms with E-state index in [2.05, 4.69) is 5.32 Å². The molecule has 1 aliphatic rings. The molecule has 1 saturated heterocycles. The summed E-state index contributed by atoms with van der Waals surface area (Å²) in [7, 11) is 1.56. The van der Waals surface area contributed by atoms with Gasteiger partial charge in [-0.05, 0) is 30.7 Å². The molecule has 8 heteroatoms. The fourth-order valence-electron chi connectivity index (χ4n) is 2.75. The molecule has 1 aromatic heterocycles. The number of carbonyl (C=O) groups is 2. The Kier molecular flexibility index (Phi) is 4.69. The van der Waals surface area contributed by atoms with Gasteiger partial charge in [0.05, 0.1) is 12.8 Å². The maximum Gasteiger partial charge on any atom is 0.318 e. The number of rotatable bonds is 4. The highest BCUT2D eigenvalue weighted by molar-refractivity contribution is 6.01. The van der Waals surface area contributed by atoms with E-state index >= 15 is 0 Å². The van der Waals surface area contributed by atoms with Crippen molar-refractivity contribution in [2.45, 2.75) is 19.0 Å². The first-order chi connectivity index (χ1) is 12.0. The molecule has 132 valence electrons. The molecule has 6 nitrogen and oxygen atoms in total. The zero-order valence-electron chi connectivity index (χ0n) is 13.5. The lowest BCUT2D eigenvalue weighted by molar-refractivity contribution is -0.118. The molecule has 2 heterocycles. The third kappa shape index (κ3) is 3.47. The van der Waals surface area contributed by atoms with Crippen molar-refractivity contribution in [1.29, 1.82) is 0 Å². The van der Waals surface area contributed by atoms with Crippen LogP contribution in [0, 0.1) is 11.6 Å². The van der Waals surface area contributed by atoms with Crippen LogP contribution < -0.4 is 10.2 Å². The summed E-state index contributed by atoms with van der Waals surface area (Å²) in [5.74, 6) is -1.56. The van der Waals surface area contributed by atoms with Crippen LogP contribution in [0.2, 0.25) is 0 Å². The van der Waals surface area contributed by atoms with Crippen molar-refractivity contribution in [3.63, 3.8) is 0 Å². The van der Waals surface area contributed by atoms with Crippen molar-refractivity contribution in [3.05, 3.63) is 54.0 Å².